The SMILES string of the molecule is C[C@H](Nc1ncnc(N)c1C#Cc1ccc(F)cn1)c1nc2cccc(Cl)c2c(=O)n1N1CCN(C(=O)OC(C)(C)C)CC1. The lowest BCUT2D eigenvalue weighted by Crippen LogP contribution is -2.57. The van der Waals surface area contributed by atoms with Crippen molar-refractivity contribution < 1.29 is 13.9 Å². The molecule has 1 atom stereocenters. The van der Waals surface area contributed by atoms with E-state index in [0.717, 1.165) is 6.20 Å². The third-order valence-electron chi connectivity index (χ3n) is 6.70. The van der Waals surface area contributed by atoms with Gasteiger partial charge in [-0.25, -0.2) is 33.8 Å². The Labute approximate surface area is 258 Å². The molecule has 0 saturated carbocycles. The lowest BCUT2D eigenvalue weighted by atomic mass is 10.2. The zero-order valence-corrected chi connectivity index (χ0v) is 25.4. The molecule has 0 bridgehead atoms. The number of ether oxygens (including phenoxy) is 1. The number of carbonyl (C=O) groups is 1. The number of nitrogen functional groups attached to an aromatic ring is 1. The van der Waals surface area contributed by atoms with E-state index in [9.17, 15) is 14.0 Å². The molecule has 1 fully saturated rings. The number of halogens is 2. The van der Waals surface area contributed by atoms with Gasteiger partial charge in [0.2, 0.25) is 0 Å². The van der Waals surface area contributed by atoms with Crippen molar-refractivity contribution in [2.24, 2.45) is 0 Å². The van der Waals surface area contributed by atoms with Crippen LogP contribution in [0.3, 0.4) is 0 Å². The Kier molecular flexibility index (Phi) is 8.55. The number of rotatable bonds is 4. The van der Waals surface area contributed by atoms with E-state index in [4.69, 9.17) is 27.1 Å². The van der Waals surface area contributed by atoms with Gasteiger partial charge in [-0.2, -0.15) is 0 Å². The summed E-state index contributed by atoms with van der Waals surface area (Å²) in [6.45, 7) is 8.63. The molecule has 44 heavy (non-hydrogen) atoms. The summed E-state index contributed by atoms with van der Waals surface area (Å²) < 4.78 is 20.3. The standard InChI is InChI=1S/C30H31ClFN9O3/c1-18(37-26-21(25(33)35-17-36-26)11-10-20-9-8-19(32)16-34-20)27-38-23-7-5-6-22(31)24(23)28(42)41(27)40-14-12-39(13-15-40)29(43)44-30(2,3)4/h5-9,16-18H,12-15H2,1-4H3,(H3,33,35,36,37)/t18-/m0/s1. The largest absolute Gasteiger partial charge is 0.444 e. The molecule has 12 nitrogen and oxygen atoms in total. The minimum atomic E-state index is -0.623. The highest BCUT2D eigenvalue weighted by molar-refractivity contribution is 6.35. The number of hydrogen-bond donors (Lipinski definition) is 2. The monoisotopic (exact) mass is 619 g/mol. The van der Waals surface area contributed by atoms with E-state index in [1.165, 1.54) is 23.1 Å². The molecule has 3 aromatic heterocycles. The molecule has 0 aliphatic carbocycles. The van der Waals surface area contributed by atoms with E-state index in [-0.39, 0.29) is 21.8 Å². The van der Waals surface area contributed by atoms with Gasteiger partial charge in [0.25, 0.3) is 5.56 Å². The second kappa shape index (κ2) is 12.3. The second-order valence-electron chi connectivity index (χ2n) is 11.1. The van der Waals surface area contributed by atoms with Crippen molar-refractivity contribution in [1.82, 2.24) is 29.5 Å². The molecule has 4 heterocycles. The number of hydrogen-bond acceptors (Lipinski definition) is 10. The molecular weight excluding hydrogens is 589 g/mol. The fourth-order valence-corrected chi connectivity index (χ4v) is 4.89. The quantitative estimate of drug-likeness (QED) is 0.324. The predicted molar refractivity (Wildman–Crippen MR) is 165 cm³/mol. The van der Waals surface area contributed by atoms with Crippen LogP contribution in [-0.2, 0) is 4.74 Å². The number of nitrogens with one attached hydrogen (secondary N) is 1. The Bertz CT molecular complexity index is 1820. The van der Waals surface area contributed by atoms with E-state index in [2.05, 4.69) is 32.1 Å². The van der Waals surface area contributed by atoms with Gasteiger partial charge in [-0.1, -0.05) is 23.6 Å². The molecule has 5 rings (SSSR count). The van der Waals surface area contributed by atoms with E-state index in [0.29, 0.717) is 54.6 Å². The van der Waals surface area contributed by atoms with Crippen LogP contribution >= 0.6 is 11.6 Å². The maximum Gasteiger partial charge on any atom is 0.410 e. The average molecular weight is 620 g/mol. The summed E-state index contributed by atoms with van der Waals surface area (Å²) in [5, 5.41) is 5.67. The summed E-state index contributed by atoms with van der Waals surface area (Å²) in [5.41, 5.74) is 6.24. The van der Waals surface area contributed by atoms with Crippen LogP contribution < -0.4 is 21.6 Å². The minimum absolute atomic E-state index is 0.123. The number of nitrogens with zero attached hydrogens (tertiary/aromatic N) is 7. The molecule has 1 aliphatic heterocycles. The summed E-state index contributed by atoms with van der Waals surface area (Å²) in [4.78, 5) is 45.5. The number of benzene rings is 1. The number of carbonyl (C=O) groups excluding carboxylic acids is 1. The molecule has 0 radical (unpaired) electrons. The van der Waals surface area contributed by atoms with Crippen LogP contribution in [0.5, 0.6) is 0 Å². The first-order valence-electron chi connectivity index (χ1n) is 13.9. The number of amides is 1. The summed E-state index contributed by atoms with van der Waals surface area (Å²) in [6.07, 6.45) is 1.95. The molecule has 1 aromatic carbocycles. The molecule has 1 amide bonds. The zero-order valence-electron chi connectivity index (χ0n) is 24.6. The molecule has 1 aliphatic rings. The minimum Gasteiger partial charge on any atom is -0.444 e. The molecule has 3 N–H and O–H groups in total. The Morgan fingerprint density at radius 3 is 2.55 bits per heavy atom. The number of fused-ring (bicyclic) bond motifs is 1. The van der Waals surface area contributed by atoms with E-state index < -0.39 is 23.6 Å². The smallest absolute Gasteiger partial charge is 0.410 e. The Morgan fingerprint density at radius 2 is 1.86 bits per heavy atom. The number of aromatic nitrogens is 5. The Balaban J connectivity index is 1.49. The van der Waals surface area contributed by atoms with Gasteiger partial charge in [-0.15, -0.1) is 0 Å². The maximum absolute atomic E-state index is 14.0. The van der Waals surface area contributed by atoms with Crippen LogP contribution in [-0.4, -0.2) is 67.4 Å². The normalized spacial score (nSPS) is 14.1. The highest BCUT2D eigenvalue weighted by Crippen LogP contribution is 2.25. The van der Waals surface area contributed by atoms with Gasteiger partial charge in [-0.05, 0) is 57.9 Å². The van der Waals surface area contributed by atoms with Crippen LogP contribution in [0.4, 0.5) is 20.8 Å². The lowest BCUT2D eigenvalue weighted by Gasteiger charge is -2.38. The van der Waals surface area contributed by atoms with Gasteiger partial charge in [-0.3, -0.25) is 4.79 Å². The molecule has 14 heteroatoms. The van der Waals surface area contributed by atoms with Crippen LogP contribution in [0.25, 0.3) is 10.9 Å². The van der Waals surface area contributed by atoms with E-state index in [1.807, 2.05) is 32.7 Å². The highest BCUT2D eigenvalue weighted by atomic mass is 35.5. The van der Waals surface area contributed by atoms with Gasteiger partial charge in [0.05, 0.1) is 41.3 Å². The first-order chi connectivity index (χ1) is 20.9. The topological polar surface area (TPSA) is 144 Å². The molecule has 1 saturated heterocycles. The number of anilines is 2. The molecule has 0 unspecified atom stereocenters. The average Bonchev–Trinajstić information content (AvgIpc) is 2.97. The van der Waals surface area contributed by atoms with Gasteiger partial charge in [0.15, 0.2) is 5.82 Å². The van der Waals surface area contributed by atoms with Gasteiger partial charge in [0.1, 0.15) is 40.6 Å². The Morgan fingerprint density at radius 1 is 1.11 bits per heavy atom. The Hall–Kier alpha value is -4.96. The zero-order chi connectivity index (χ0) is 31.6. The first-order valence-corrected chi connectivity index (χ1v) is 14.2. The van der Waals surface area contributed by atoms with Crippen molar-refractivity contribution in [2.45, 2.75) is 39.3 Å². The maximum atomic E-state index is 14.0. The molecule has 4 aromatic rings. The van der Waals surface area contributed by atoms with Gasteiger partial charge < -0.3 is 25.7 Å². The lowest BCUT2D eigenvalue weighted by molar-refractivity contribution is 0.0231. The summed E-state index contributed by atoms with van der Waals surface area (Å²) in [7, 11) is 0. The van der Waals surface area contributed by atoms with Crippen LogP contribution in [0, 0.1) is 17.7 Å². The van der Waals surface area contributed by atoms with Crippen molar-refractivity contribution >= 4 is 40.2 Å². The first kappa shape index (κ1) is 30.5. The van der Waals surface area contributed by atoms with Crippen LogP contribution in [0.2, 0.25) is 5.02 Å². The molecule has 228 valence electrons. The highest BCUT2D eigenvalue weighted by Gasteiger charge is 2.29. The fourth-order valence-electron chi connectivity index (χ4n) is 4.63. The van der Waals surface area contributed by atoms with Crippen molar-refractivity contribution in [3.8, 4) is 11.8 Å². The summed E-state index contributed by atoms with van der Waals surface area (Å²) >= 11 is 6.46. The molecular formula is C30H31ClFN9O3. The summed E-state index contributed by atoms with van der Waals surface area (Å²) in [6, 6.07) is 7.21. The van der Waals surface area contributed by atoms with Gasteiger partial charge in [0, 0.05) is 13.1 Å². The van der Waals surface area contributed by atoms with Crippen molar-refractivity contribution in [1.29, 1.82) is 0 Å². The third kappa shape index (κ3) is 6.65. The summed E-state index contributed by atoms with van der Waals surface area (Å²) in [5.74, 6) is 6.10. The van der Waals surface area contributed by atoms with Crippen molar-refractivity contribution in [2.75, 3.05) is 42.2 Å². The molecule has 0 spiro atoms. The second-order valence-corrected chi connectivity index (χ2v) is 11.5. The van der Waals surface area contributed by atoms with Crippen LogP contribution in [0.1, 0.15) is 50.8 Å². The van der Waals surface area contributed by atoms with Crippen molar-refractivity contribution in [3.63, 3.8) is 0 Å². The van der Waals surface area contributed by atoms with E-state index >= 15 is 0 Å². The fraction of sp³-hybridized carbons (Fsp3) is 0.333. The van der Waals surface area contributed by atoms with Crippen LogP contribution in [0.15, 0.2) is 47.7 Å². The number of pyridine rings is 1. The number of piperazine rings is 1. The van der Waals surface area contributed by atoms with Gasteiger partial charge >= 0.3 is 6.09 Å². The van der Waals surface area contributed by atoms with Crippen molar-refractivity contribution in [3.05, 3.63) is 81.1 Å². The third-order valence-corrected chi connectivity index (χ3v) is 7.02. The van der Waals surface area contributed by atoms with E-state index in [1.54, 1.807) is 23.1 Å². The predicted octanol–water partition coefficient (Wildman–Crippen LogP) is 3.72. The number of nitrogens with two attached hydrogens (primary N) is 1.